The Labute approximate surface area is 180 Å². The van der Waals surface area contributed by atoms with E-state index in [2.05, 4.69) is 6.07 Å². The molecule has 0 spiro atoms. The van der Waals surface area contributed by atoms with E-state index in [1.54, 1.807) is 38.3 Å². The van der Waals surface area contributed by atoms with Gasteiger partial charge in [-0.05, 0) is 30.3 Å². The van der Waals surface area contributed by atoms with Gasteiger partial charge in [0.2, 0.25) is 0 Å². The van der Waals surface area contributed by atoms with E-state index in [0.29, 0.717) is 29.2 Å². The van der Waals surface area contributed by atoms with E-state index in [-0.39, 0.29) is 5.91 Å². The average molecular weight is 419 g/mol. The summed E-state index contributed by atoms with van der Waals surface area (Å²) in [4.78, 5) is 16.5. The number of nitrogens with zero attached hydrogens (tertiary/aromatic N) is 2. The molecule has 0 saturated heterocycles. The summed E-state index contributed by atoms with van der Waals surface area (Å²) in [5.41, 5.74) is 2.02. The van der Waals surface area contributed by atoms with Gasteiger partial charge in [-0.25, -0.2) is 0 Å². The second-order valence-corrected chi connectivity index (χ2v) is 7.60. The average Bonchev–Trinajstić information content (AvgIpc) is 2.79. The number of rotatable bonds is 7. The van der Waals surface area contributed by atoms with Crippen LogP contribution in [0.15, 0.2) is 76.5 Å². The maximum absolute atomic E-state index is 13.2. The molecule has 0 heterocycles. The van der Waals surface area contributed by atoms with Crippen molar-refractivity contribution < 1.29 is 14.3 Å². The van der Waals surface area contributed by atoms with Gasteiger partial charge >= 0.3 is 0 Å². The van der Waals surface area contributed by atoms with Gasteiger partial charge in [0.05, 0.1) is 25.3 Å². The summed E-state index contributed by atoms with van der Waals surface area (Å²) >= 11 is 1.42. The quantitative estimate of drug-likeness (QED) is 0.540. The molecule has 0 aliphatic heterocycles. The van der Waals surface area contributed by atoms with Gasteiger partial charge in [0, 0.05) is 28.9 Å². The fourth-order valence-corrected chi connectivity index (χ4v) is 4.13. The second-order valence-electron chi connectivity index (χ2n) is 6.52. The van der Waals surface area contributed by atoms with Crippen LogP contribution >= 0.6 is 11.8 Å². The Bertz CT molecular complexity index is 1090. The Balaban J connectivity index is 1.87. The molecule has 0 radical (unpaired) electrons. The van der Waals surface area contributed by atoms with E-state index in [1.165, 1.54) is 11.8 Å². The Morgan fingerprint density at radius 3 is 2.37 bits per heavy atom. The van der Waals surface area contributed by atoms with Gasteiger partial charge in [-0.3, -0.25) is 4.79 Å². The minimum absolute atomic E-state index is 0.114. The number of hydrogen-bond acceptors (Lipinski definition) is 5. The largest absolute Gasteiger partial charge is 0.493 e. The third-order valence-electron chi connectivity index (χ3n) is 4.58. The van der Waals surface area contributed by atoms with Gasteiger partial charge in [-0.1, -0.05) is 48.2 Å². The molecule has 152 valence electrons. The van der Waals surface area contributed by atoms with Crippen molar-refractivity contribution in [1.82, 2.24) is 4.90 Å². The summed E-state index contributed by atoms with van der Waals surface area (Å²) in [6, 6.07) is 22.6. The molecule has 3 rings (SSSR count). The maximum atomic E-state index is 13.2. The lowest BCUT2D eigenvalue weighted by molar-refractivity contribution is 0.0780. The smallest absolute Gasteiger partial charge is 0.255 e. The zero-order chi connectivity index (χ0) is 21.5. The molecule has 0 aliphatic rings. The van der Waals surface area contributed by atoms with Crippen LogP contribution in [0.1, 0.15) is 21.5 Å². The Morgan fingerprint density at radius 1 is 0.967 bits per heavy atom. The zero-order valence-electron chi connectivity index (χ0n) is 17.1. The van der Waals surface area contributed by atoms with Crippen molar-refractivity contribution in [1.29, 1.82) is 5.26 Å². The predicted molar refractivity (Wildman–Crippen MR) is 117 cm³/mol. The molecule has 0 aliphatic carbocycles. The fraction of sp³-hybridized carbons (Fsp3) is 0.167. The first-order valence-electron chi connectivity index (χ1n) is 9.30. The normalized spacial score (nSPS) is 10.2. The van der Waals surface area contributed by atoms with Crippen LogP contribution in [0, 0.1) is 11.3 Å². The number of benzene rings is 3. The molecule has 5 nitrogen and oxygen atoms in total. The van der Waals surface area contributed by atoms with Crippen molar-refractivity contribution in [2.75, 3.05) is 21.3 Å². The standard InChI is InChI=1S/C24H22N2O3S/c1-26(16-18-10-8-12-20(28-2)23(18)29-3)24(27)19-11-5-7-14-22(19)30-21-13-6-4-9-17(21)15-25/h4-14H,16H2,1-3H3. The topological polar surface area (TPSA) is 62.6 Å². The van der Waals surface area contributed by atoms with E-state index >= 15 is 0 Å². The van der Waals surface area contributed by atoms with E-state index in [9.17, 15) is 10.1 Å². The van der Waals surface area contributed by atoms with Crippen LogP contribution < -0.4 is 9.47 Å². The van der Waals surface area contributed by atoms with Crippen LogP contribution in [0.5, 0.6) is 11.5 Å². The summed E-state index contributed by atoms with van der Waals surface area (Å²) in [6.07, 6.45) is 0. The number of ether oxygens (including phenoxy) is 2. The lowest BCUT2D eigenvalue weighted by atomic mass is 10.1. The molecule has 0 bridgehead atoms. The number of para-hydroxylation sites is 1. The van der Waals surface area contributed by atoms with E-state index in [1.807, 2.05) is 54.6 Å². The Kier molecular flexibility index (Phi) is 6.99. The zero-order valence-corrected chi connectivity index (χ0v) is 17.9. The molecule has 0 unspecified atom stereocenters. The van der Waals surface area contributed by atoms with E-state index < -0.39 is 0 Å². The van der Waals surface area contributed by atoms with Crippen LogP contribution in [-0.2, 0) is 6.54 Å². The Hall–Kier alpha value is -3.43. The molecule has 0 N–H and O–H groups in total. The molecule has 3 aromatic rings. The first-order valence-corrected chi connectivity index (χ1v) is 10.1. The monoisotopic (exact) mass is 418 g/mol. The fourth-order valence-electron chi connectivity index (χ4n) is 3.11. The van der Waals surface area contributed by atoms with Crippen LogP contribution in [0.25, 0.3) is 0 Å². The van der Waals surface area contributed by atoms with Gasteiger partial charge in [-0.2, -0.15) is 5.26 Å². The summed E-state index contributed by atoms with van der Waals surface area (Å²) in [6.45, 7) is 0.368. The molecular formula is C24H22N2O3S. The third kappa shape index (κ3) is 4.58. The molecule has 6 heteroatoms. The highest BCUT2D eigenvalue weighted by Crippen LogP contribution is 2.34. The number of carbonyl (C=O) groups is 1. The number of nitriles is 1. The molecule has 0 aromatic heterocycles. The molecule has 1 amide bonds. The van der Waals surface area contributed by atoms with Crippen molar-refractivity contribution in [2.24, 2.45) is 0 Å². The predicted octanol–water partition coefficient (Wildman–Crippen LogP) is 5.00. The number of hydrogen-bond donors (Lipinski definition) is 0. The minimum atomic E-state index is -0.114. The summed E-state index contributed by atoms with van der Waals surface area (Å²) in [7, 11) is 4.93. The van der Waals surface area contributed by atoms with Gasteiger partial charge in [0.1, 0.15) is 6.07 Å². The van der Waals surface area contributed by atoms with Crippen molar-refractivity contribution in [3.63, 3.8) is 0 Å². The van der Waals surface area contributed by atoms with Gasteiger partial charge < -0.3 is 14.4 Å². The number of carbonyl (C=O) groups excluding carboxylic acids is 1. The third-order valence-corrected chi connectivity index (χ3v) is 5.74. The first-order chi connectivity index (χ1) is 14.6. The van der Waals surface area contributed by atoms with E-state index in [0.717, 1.165) is 15.4 Å². The highest BCUT2D eigenvalue weighted by molar-refractivity contribution is 7.99. The second kappa shape index (κ2) is 9.86. The van der Waals surface area contributed by atoms with Crippen molar-refractivity contribution >= 4 is 17.7 Å². The Morgan fingerprint density at radius 2 is 1.67 bits per heavy atom. The van der Waals surface area contributed by atoms with Crippen molar-refractivity contribution in [3.05, 3.63) is 83.4 Å². The molecule has 3 aromatic carbocycles. The van der Waals surface area contributed by atoms with E-state index in [4.69, 9.17) is 9.47 Å². The van der Waals surface area contributed by atoms with Crippen LogP contribution in [0.3, 0.4) is 0 Å². The summed E-state index contributed by atoms with van der Waals surface area (Å²) in [5.74, 6) is 1.13. The highest BCUT2D eigenvalue weighted by Gasteiger charge is 2.19. The van der Waals surface area contributed by atoms with Gasteiger partial charge in [0.25, 0.3) is 5.91 Å². The minimum Gasteiger partial charge on any atom is -0.493 e. The first kappa shape index (κ1) is 21.3. The lowest BCUT2D eigenvalue weighted by Crippen LogP contribution is -2.27. The molecule has 0 saturated carbocycles. The van der Waals surface area contributed by atoms with Crippen LogP contribution in [0.2, 0.25) is 0 Å². The molecule has 30 heavy (non-hydrogen) atoms. The maximum Gasteiger partial charge on any atom is 0.255 e. The molecular weight excluding hydrogens is 396 g/mol. The highest BCUT2D eigenvalue weighted by atomic mass is 32.2. The number of amides is 1. The van der Waals surface area contributed by atoms with Crippen molar-refractivity contribution in [3.8, 4) is 17.6 Å². The number of methoxy groups -OCH3 is 2. The summed E-state index contributed by atoms with van der Waals surface area (Å²) < 4.78 is 10.8. The van der Waals surface area contributed by atoms with Crippen molar-refractivity contribution in [2.45, 2.75) is 16.3 Å². The lowest BCUT2D eigenvalue weighted by Gasteiger charge is -2.21. The summed E-state index contributed by atoms with van der Waals surface area (Å²) in [5, 5.41) is 9.36. The van der Waals surface area contributed by atoms with Crippen LogP contribution in [-0.4, -0.2) is 32.1 Å². The van der Waals surface area contributed by atoms with Gasteiger partial charge in [-0.15, -0.1) is 0 Å². The van der Waals surface area contributed by atoms with Gasteiger partial charge in [0.15, 0.2) is 11.5 Å². The SMILES string of the molecule is COc1cccc(CN(C)C(=O)c2ccccc2Sc2ccccc2C#N)c1OC. The molecule has 0 atom stereocenters. The molecule has 0 fully saturated rings. The van der Waals surface area contributed by atoms with Crippen LogP contribution in [0.4, 0.5) is 0 Å².